The van der Waals surface area contributed by atoms with Crippen LogP contribution in [0.4, 0.5) is 0 Å². The van der Waals surface area contributed by atoms with Gasteiger partial charge in [0, 0.05) is 18.2 Å². The van der Waals surface area contributed by atoms with Gasteiger partial charge in [-0.25, -0.2) is 4.98 Å². The van der Waals surface area contributed by atoms with E-state index in [0.29, 0.717) is 5.15 Å². The Morgan fingerprint density at radius 2 is 2.50 bits per heavy atom. The zero-order chi connectivity index (χ0) is 7.40. The first-order valence-corrected chi connectivity index (χ1v) is 4.33. The molecule has 0 aliphatic heterocycles. The van der Waals surface area contributed by atoms with E-state index in [-0.39, 0.29) is 0 Å². The number of hydrogen-bond donors (Lipinski definition) is 0. The fraction of sp³-hybridized carbons (Fsp3) is 0.143. The summed E-state index contributed by atoms with van der Waals surface area (Å²) < 4.78 is 0. The molecule has 1 aromatic rings. The van der Waals surface area contributed by atoms with Gasteiger partial charge in [-0.1, -0.05) is 11.6 Å². The maximum Gasteiger partial charge on any atom is 0.129 e. The lowest BCUT2D eigenvalue weighted by atomic mass is 10.3. The van der Waals surface area contributed by atoms with Crippen LogP contribution < -0.4 is 0 Å². The monoisotopic (exact) mass is 172 g/mol. The molecule has 0 atom stereocenters. The van der Waals surface area contributed by atoms with Crippen LogP contribution in [0.25, 0.3) is 0 Å². The lowest BCUT2D eigenvalue weighted by Crippen LogP contribution is -1.80. The van der Waals surface area contributed by atoms with Crippen LogP contribution in [-0.4, -0.2) is 4.98 Å². The topological polar surface area (TPSA) is 12.9 Å². The van der Waals surface area contributed by atoms with E-state index in [1.807, 2.05) is 12.1 Å². The second-order valence-electron chi connectivity index (χ2n) is 1.84. The van der Waals surface area contributed by atoms with Gasteiger partial charge < -0.3 is 0 Å². The van der Waals surface area contributed by atoms with Crippen molar-refractivity contribution < 1.29 is 0 Å². The predicted octanol–water partition coefficient (Wildman–Crippen LogP) is 2.76. The van der Waals surface area contributed by atoms with Crippen molar-refractivity contribution in [3.63, 3.8) is 0 Å². The number of halogens is 1. The average Bonchev–Trinajstić information content (AvgIpc) is 1.88. The van der Waals surface area contributed by atoms with Crippen LogP contribution in [-0.2, 0) is 5.75 Å². The Bertz CT molecular complexity index is 215. The molecule has 10 heavy (non-hydrogen) atoms. The normalized spacial score (nSPS) is 9.80. The summed E-state index contributed by atoms with van der Waals surface area (Å²) in [5, 5.41) is 0.548. The van der Waals surface area contributed by atoms with Crippen molar-refractivity contribution >= 4 is 23.4 Å². The average molecular weight is 173 g/mol. The SMILES string of the molecule is [CH2]SCc1ccnc(Cl)c1. The number of nitrogens with zero attached hydrogens (tertiary/aromatic N) is 1. The molecule has 53 valence electrons. The Morgan fingerprint density at radius 1 is 1.70 bits per heavy atom. The summed E-state index contributed by atoms with van der Waals surface area (Å²) in [7, 11) is 0. The molecule has 0 fully saturated rings. The maximum absolute atomic E-state index is 5.64. The first-order chi connectivity index (χ1) is 4.83. The summed E-state index contributed by atoms with van der Waals surface area (Å²) in [5.41, 5.74) is 1.17. The highest BCUT2D eigenvalue weighted by Gasteiger charge is 1.91. The second kappa shape index (κ2) is 3.84. The van der Waals surface area contributed by atoms with Crippen molar-refractivity contribution in [2.75, 3.05) is 0 Å². The van der Waals surface area contributed by atoms with Crippen molar-refractivity contribution in [3.8, 4) is 0 Å². The fourth-order valence-corrected chi connectivity index (χ4v) is 1.26. The highest BCUT2D eigenvalue weighted by Crippen LogP contribution is 2.12. The van der Waals surface area contributed by atoms with Gasteiger partial charge in [-0.05, 0) is 17.7 Å². The minimum absolute atomic E-state index is 0.548. The Hall–Kier alpha value is -0.210. The third-order valence-electron chi connectivity index (χ3n) is 1.06. The molecule has 0 aliphatic carbocycles. The van der Waals surface area contributed by atoms with Crippen molar-refractivity contribution in [2.24, 2.45) is 0 Å². The molecule has 0 unspecified atom stereocenters. The maximum atomic E-state index is 5.64. The van der Waals surface area contributed by atoms with Gasteiger partial charge in [0.25, 0.3) is 0 Å². The van der Waals surface area contributed by atoms with Gasteiger partial charge >= 0.3 is 0 Å². The number of hydrogen-bond acceptors (Lipinski definition) is 2. The number of pyridine rings is 1. The van der Waals surface area contributed by atoms with E-state index in [9.17, 15) is 0 Å². The predicted molar refractivity (Wildman–Crippen MR) is 45.9 cm³/mol. The zero-order valence-corrected chi connectivity index (χ0v) is 6.95. The number of thioether (sulfide) groups is 1. The van der Waals surface area contributed by atoms with Crippen LogP contribution >= 0.6 is 23.4 Å². The Labute approximate surface area is 69.8 Å². The van der Waals surface area contributed by atoms with Gasteiger partial charge in [0.15, 0.2) is 0 Å². The van der Waals surface area contributed by atoms with E-state index in [0.717, 1.165) is 5.75 Å². The van der Waals surface area contributed by atoms with E-state index in [4.69, 9.17) is 11.6 Å². The molecule has 1 nitrogen and oxygen atoms in total. The molecule has 0 bridgehead atoms. The first kappa shape index (κ1) is 7.89. The summed E-state index contributed by atoms with van der Waals surface area (Å²) in [6, 6.07) is 3.78. The van der Waals surface area contributed by atoms with Crippen molar-refractivity contribution in [2.45, 2.75) is 5.75 Å². The smallest absolute Gasteiger partial charge is 0.129 e. The number of rotatable bonds is 2. The van der Waals surface area contributed by atoms with Gasteiger partial charge in [-0.3, -0.25) is 0 Å². The molecule has 0 aliphatic rings. The molecule has 1 aromatic heterocycles. The molecule has 0 aromatic carbocycles. The molecular formula is C7H7ClNS. The molecule has 3 heteroatoms. The molecule has 1 radical (unpaired) electrons. The highest BCUT2D eigenvalue weighted by atomic mass is 35.5. The molecule has 0 saturated heterocycles. The summed E-state index contributed by atoms with van der Waals surface area (Å²) in [6.45, 7) is 0. The van der Waals surface area contributed by atoms with Gasteiger partial charge in [0.1, 0.15) is 5.15 Å². The van der Waals surface area contributed by atoms with Crippen LogP contribution in [0.15, 0.2) is 18.3 Å². The lowest BCUT2D eigenvalue weighted by molar-refractivity contribution is 1.27. The van der Waals surface area contributed by atoms with Crippen molar-refractivity contribution in [1.82, 2.24) is 4.98 Å². The molecule has 1 heterocycles. The third-order valence-corrected chi connectivity index (χ3v) is 1.80. The van der Waals surface area contributed by atoms with Crippen LogP contribution in [0.3, 0.4) is 0 Å². The first-order valence-electron chi connectivity index (χ1n) is 2.80. The molecule has 0 amide bonds. The minimum Gasteiger partial charge on any atom is -0.245 e. The summed E-state index contributed by atoms with van der Waals surface area (Å²) >= 11 is 7.17. The number of aromatic nitrogens is 1. The van der Waals surface area contributed by atoms with E-state index in [1.54, 1.807) is 6.20 Å². The largest absolute Gasteiger partial charge is 0.245 e. The molecule has 1 rings (SSSR count). The van der Waals surface area contributed by atoms with E-state index in [1.165, 1.54) is 17.3 Å². The van der Waals surface area contributed by atoms with Gasteiger partial charge in [-0.15, -0.1) is 0 Å². The summed E-state index contributed by atoms with van der Waals surface area (Å²) in [5.74, 6) is 0.891. The standard InChI is InChI=1S/C7H7ClNS/c1-10-5-6-2-3-9-7(8)4-6/h2-4H,1,5H2. The third kappa shape index (κ3) is 2.20. The van der Waals surface area contributed by atoms with Crippen LogP contribution in [0.5, 0.6) is 0 Å². The van der Waals surface area contributed by atoms with E-state index < -0.39 is 0 Å². The van der Waals surface area contributed by atoms with Gasteiger partial charge in [-0.2, -0.15) is 11.8 Å². The minimum atomic E-state index is 0.548. The Morgan fingerprint density at radius 3 is 3.10 bits per heavy atom. The highest BCUT2D eigenvalue weighted by molar-refractivity contribution is 7.99. The molecular weight excluding hydrogens is 166 g/mol. The Balaban J connectivity index is 2.75. The quantitative estimate of drug-likeness (QED) is 0.637. The Kier molecular flexibility index (Phi) is 3.03. The molecule has 0 spiro atoms. The fourth-order valence-electron chi connectivity index (χ4n) is 0.650. The molecule has 0 N–H and O–H groups in total. The van der Waals surface area contributed by atoms with Gasteiger partial charge in [0.05, 0.1) is 0 Å². The summed E-state index contributed by atoms with van der Waals surface area (Å²) in [4.78, 5) is 3.86. The van der Waals surface area contributed by atoms with E-state index in [2.05, 4.69) is 11.2 Å². The summed E-state index contributed by atoms with van der Waals surface area (Å²) in [6.07, 6.45) is 5.37. The van der Waals surface area contributed by atoms with Gasteiger partial charge in [0.2, 0.25) is 0 Å². The second-order valence-corrected chi connectivity index (χ2v) is 2.92. The molecule has 0 saturated carbocycles. The van der Waals surface area contributed by atoms with Crippen LogP contribution in [0.1, 0.15) is 5.56 Å². The van der Waals surface area contributed by atoms with Crippen molar-refractivity contribution in [1.29, 1.82) is 0 Å². The zero-order valence-electron chi connectivity index (χ0n) is 5.38. The van der Waals surface area contributed by atoms with E-state index >= 15 is 0 Å². The van der Waals surface area contributed by atoms with Crippen molar-refractivity contribution in [3.05, 3.63) is 35.3 Å². The van der Waals surface area contributed by atoms with Crippen LogP contribution in [0.2, 0.25) is 5.15 Å². The van der Waals surface area contributed by atoms with Crippen LogP contribution in [0, 0.1) is 6.26 Å². The lowest BCUT2D eigenvalue weighted by Gasteiger charge is -1.95.